The quantitative estimate of drug-likeness (QED) is 0.584. The second kappa shape index (κ2) is 10.5. The van der Waals surface area contributed by atoms with Crippen LogP contribution in [0.2, 0.25) is 0 Å². The third-order valence-corrected chi connectivity index (χ3v) is 8.36. The molecule has 1 aliphatic carbocycles. The van der Waals surface area contributed by atoms with E-state index in [4.69, 9.17) is 4.98 Å². The summed E-state index contributed by atoms with van der Waals surface area (Å²) in [6.45, 7) is -0.100. The molecule has 33 heavy (non-hydrogen) atoms. The average Bonchev–Trinajstić information content (AvgIpc) is 3.19. The summed E-state index contributed by atoms with van der Waals surface area (Å²) in [4.78, 5) is 19.0. The van der Waals surface area contributed by atoms with Crippen LogP contribution in [-0.2, 0) is 4.79 Å². The highest BCUT2D eigenvalue weighted by Gasteiger charge is 2.42. The minimum Gasteiger partial charge on any atom is -0.480 e. The van der Waals surface area contributed by atoms with Crippen LogP contribution in [0, 0.1) is 0 Å². The van der Waals surface area contributed by atoms with E-state index in [0.29, 0.717) is 24.1 Å². The number of hydrogen-bond acceptors (Lipinski definition) is 4. The molecule has 2 aromatic rings. The number of fused-ring (bicyclic) bond motifs is 3. The van der Waals surface area contributed by atoms with E-state index in [9.17, 15) is 9.90 Å². The second-order valence-electron chi connectivity index (χ2n) is 10.6. The lowest BCUT2D eigenvalue weighted by atomic mass is 9.79. The number of piperidine rings is 2. The molecule has 2 bridgehead atoms. The number of nitrogens with one attached hydrogen (secondary N) is 1. The highest BCUT2D eigenvalue weighted by Crippen LogP contribution is 2.44. The number of aliphatic carboxylic acids is 1. The molecular weight excluding hydrogens is 412 g/mol. The van der Waals surface area contributed by atoms with Gasteiger partial charge in [-0.25, -0.2) is 4.98 Å². The number of para-hydroxylation sites is 2. The van der Waals surface area contributed by atoms with Gasteiger partial charge >= 0.3 is 5.97 Å². The van der Waals surface area contributed by atoms with Crippen molar-refractivity contribution in [3.63, 3.8) is 0 Å². The number of benzene rings is 1. The van der Waals surface area contributed by atoms with E-state index in [1.54, 1.807) is 0 Å². The molecule has 2 N–H and O–H groups in total. The van der Waals surface area contributed by atoms with Gasteiger partial charge in [0.15, 0.2) is 0 Å². The normalized spacial score (nSPS) is 27.9. The van der Waals surface area contributed by atoms with Gasteiger partial charge in [-0.1, -0.05) is 63.5 Å². The molecule has 3 atom stereocenters. The largest absolute Gasteiger partial charge is 0.480 e. The lowest BCUT2D eigenvalue weighted by Crippen LogP contribution is -2.56. The smallest absolute Gasteiger partial charge is 0.322 e. The molecule has 2 aliphatic heterocycles. The maximum absolute atomic E-state index is 11.2. The minimum atomic E-state index is -0.851. The molecule has 3 heterocycles. The van der Waals surface area contributed by atoms with Crippen molar-refractivity contribution in [2.75, 3.05) is 11.9 Å². The summed E-state index contributed by atoms with van der Waals surface area (Å²) >= 11 is 0. The molecule has 6 nitrogen and oxygen atoms in total. The van der Waals surface area contributed by atoms with Crippen LogP contribution in [-0.4, -0.2) is 50.2 Å². The monoisotopic (exact) mass is 452 g/mol. The first-order valence-electron chi connectivity index (χ1n) is 13.4. The summed E-state index contributed by atoms with van der Waals surface area (Å²) in [6, 6.07) is 10.7. The molecular formula is C27H40N4O2. The zero-order chi connectivity index (χ0) is 22.6. The highest BCUT2D eigenvalue weighted by atomic mass is 16.4. The van der Waals surface area contributed by atoms with Crippen molar-refractivity contribution in [3.05, 3.63) is 24.3 Å². The van der Waals surface area contributed by atoms with Gasteiger partial charge < -0.3 is 15.0 Å². The average molecular weight is 453 g/mol. The van der Waals surface area contributed by atoms with Gasteiger partial charge in [0, 0.05) is 24.2 Å². The van der Waals surface area contributed by atoms with Gasteiger partial charge in [-0.2, -0.15) is 0 Å². The molecule has 0 spiro atoms. The number of imidazole rings is 1. The Labute approximate surface area is 197 Å². The Bertz CT molecular complexity index is 917. The van der Waals surface area contributed by atoms with E-state index in [1.807, 2.05) is 12.1 Å². The van der Waals surface area contributed by atoms with Crippen LogP contribution in [0.3, 0.4) is 0 Å². The van der Waals surface area contributed by atoms with E-state index in [0.717, 1.165) is 29.9 Å². The predicted octanol–water partition coefficient (Wildman–Crippen LogP) is 5.98. The summed E-state index contributed by atoms with van der Waals surface area (Å²) in [5.74, 6) is -0.134. The maximum atomic E-state index is 11.2. The van der Waals surface area contributed by atoms with Crippen LogP contribution in [0.15, 0.2) is 24.3 Å². The maximum Gasteiger partial charge on any atom is 0.322 e. The van der Waals surface area contributed by atoms with Crippen LogP contribution in [0.25, 0.3) is 11.0 Å². The fourth-order valence-electron chi connectivity index (χ4n) is 6.98. The van der Waals surface area contributed by atoms with Gasteiger partial charge in [0.05, 0.1) is 11.0 Å². The van der Waals surface area contributed by atoms with Crippen molar-refractivity contribution < 1.29 is 9.90 Å². The zero-order valence-electron chi connectivity index (χ0n) is 19.9. The van der Waals surface area contributed by atoms with Crippen molar-refractivity contribution in [1.29, 1.82) is 0 Å². The van der Waals surface area contributed by atoms with Gasteiger partial charge in [0.2, 0.25) is 5.95 Å². The Kier molecular flexibility index (Phi) is 7.19. The molecule has 2 saturated heterocycles. The topological polar surface area (TPSA) is 70.4 Å². The lowest BCUT2D eigenvalue weighted by molar-refractivity contribution is -0.134. The summed E-state index contributed by atoms with van der Waals surface area (Å²) in [5, 5.41) is 12.3. The number of anilines is 1. The Hall–Kier alpha value is -2.08. The number of aromatic nitrogens is 2. The van der Waals surface area contributed by atoms with Crippen molar-refractivity contribution >= 4 is 23.0 Å². The molecule has 180 valence electrons. The van der Waals surface area contributed by atoms with Gasteiger partial charge in [-0.3, -0.25) is 9.69 Å². The first-order chi connectivity index (χ1) is 16.2. The molecule has 5 rings (SSSR count). The number of carboxylic acid groups (broad SMARTS) is 1. The molecule has 3 fully saturated rings. The number of carbonyl (C=O) groups is 1. The number of rotatable bonds is 5. The van der Waals surface area contributed by atoms with Crippen LogP contribution < -0.4 is 5.32 Å². The van der Waals surface area contributed by atoms with E-state index in [2.05, 4.69) is 26.9 Å². The van der Waals surface area contributed by atoms with E-state index >= 15 is 0 Å². The lowest BCUT2D eigenvalue weighted by Gasteiger charge is -2.53. The van der Waals surface area contributed by atoms with Gasteiger partial charge in [0.25, 0.3) is 0 Å². The SMILES string of the molecule is O=C(O)CNc1nc2ccccc2n1C1CC2CCC[C@@H](C1)N2C1CCCCCCCCC1. The molecule has 2 unspecified atom stereocenters. The van der Waals surface area contributed by atoms with E-state index in [-0.39, 0.29) is 6.54 Å². The van der Waals surface area contributed by atoms with Crippen molar-refractivity contribution in [2.24, 2.45) is 0 Å². The first-order valence-corrected chi connectivity index (χ1v) is 13.4. The Morgan fingerprint density at radius 2 is 1.45 bits per heavy atom. The summed E-state index contributed by atoms with van der Waals surface area (Å²) < 4.78 is 2.33. The second-order valence-corrected chi connectivity index (χ2v) is 10.6. The summed E-state index contributed by atoms with van der Waals surface area (Å²) in [6.07, 6.45) is 18.8. The van der Waals surface area contributed by atoms with Gasteiger partial charge in [0.1, 0.15) is 6.54 Å². The third kappa shape index (κ3) is 5.06. The molecule has 1 aromatic carbocycles. The molecule has 6 heteroatoms. The number of hydrogen-bond donors (Lipinski definition) is 2. The minimum absolute atomic E-state index is 0.100. The van der Waals surface area contributed by atoms with Gasteiger partial charge in [-0.05, 0) is 50.7 Å². The van der Waals surface area contributed by atoms with Crippen LogP contribution in [0.5, 0.6) is 0 Å². The molecule has 1 aromatic heterocycles. The summed E-state index contributed by atoms with van der Waals surface area (Å²) in [5.41, 5.74) is 2.07. The fraction of sp³-hybridized carbons (Fsp3) is 0.704. The van der Waals surface area contributed by atoms with Gasteiger partial charge in [-0.15, -0.1) is 0 Å². The Morgan fingerprint density at radius 1 is 0.848 bits per heavy atom. The van der Waals surface area contributed by atoms with Crippen molar-refractivity contribution in [3.8, 4) is 0 Å². The molecule has 0 radical (unpaired) electrons. The first kappa shape index (κ1) is 22.7. The number of carboxylic acids is 1. The van der Waals surface area contributed by atoms with Crippen molar-refractivity contribution in [2.45, 2.75) is 114 Å². The summed E-state index contributed by atoms with van der Waals surface area (Å²) in [7, 11) is 0. The highest BCUT2D eigenvalue weighted by molar-refractivity contribution is 5.80. The van der Waals surface area contributed by atoms with E-state index < -0.39 is 5.97 Å². The van der Waals surface area contributed by atoms with Crippen LogP contribution >= 0.6 is 0 Å². The third-order valence-electron chi connectivity index (χ3n) is 8.36. The Morgan fingerprint density at radius 3 is 2.12 bits per heavy atom. The van der Waals surface area contributed by atoms with Crippen LogP contribution in [0.1, 0.15) is 95.9 Å². The molecule has 3 aliphatic rings. The zero-order valence-corrected chi connectivity index (χ0v) is 19.9. The van der Waals surface area contributed by atoms with E-state index in [1.165, 1.54) is 77.0 Å². The predicted molar refractivity (Wildman–Crippen MR) is 133 cm³/mol. The molecule has 0 amide bonds. The standard InChI is InChI=1S/C27H40N4O2/c32-26(33)19-28-27-29-24-15-8-9-16-25(24)31(27)23-17-21-13-10-14-22(18-23)30(21)20-11-6-4-2-1-3-5-7-12-20/h8-9,15-16,20-23H,1-7,10-14,17-19H2,(H,28,29)(H,32,33)/t21-,22?,23?/m0/s1. The number of nitrogens with zero attached hydrogens (tertiary/aromatic N) is 3. The molecule has 1 saturated carbocycles. The van der Waals surface area contributed by atoms with Crippen molar-refractivity contribution in [1.82, 2.24) is 14.5 Å². The van der Waals surface area contributed by atoms with Crippen LogP contribution in [0.4, 0.5) is 5.95 Å². The fourth-order valence-corrected chi connectivity index (χ4v) is 6.98. The Balaban J connectivity index is 1.39.